The third kappa shape index (κ3) is 4.49. The quantitative estimate of drug-likeness (QED) is 0.336. The van der Waals surface area contributed by atoms with Crippen molar-refractivity contribution in [2.45, 2.75) is 38.8 Å². The lowest BCUT2D eigenvalue weighted by atomic mass is 9.76. The van der Waals surface area contributed by atoms with Gasteiger partial charge in [0.05, 0.1) is 19.2 Å². The number of tetrazole rings is 1. The van der Waals surface area contributed by atoms with Crippen LogP contribution in [-0.2, 0) is 18.5 Å². The van der Waals surface area contributed by atoms with Crippen molar-refractivity contribution in [3.05, 3.63) is 101 Å². The minimum Gasteiger partial charge on any atom is -0.497 e. The summed E-state index contributed by atoms with van der Waals surface area (Å²) >= 11 is 0. The van der Waals surface area contributed by atoms with Crippen LogP contribution in [0.25, 0.3) is 12.2 Å². The zero-order chi connectivity index (χ0) is 25.1. The van der Waals surface area contributed by atoms with Gasteiger partial charge >= 0.3 is 0 Å². The smallest absolute Gasteiger partial charge is 0.197 e. The molecule has 184 valence electrons. The number of rotatable bonds is 7. The molecule has 7 heteroatoms. The molecule has 6 nitrogen and oxygen atoms in total. The molecular weight excluding hydrogens is 453 g/mol. The van der Waals surface area contributed by atoms with Crippen molar-refractivity contribution in [2.75, 3.05) is 18.6 Å². The fraction of sp³-hybridized carbons (Fsp3) is 0.276. The highest BCUT2D eigenvalue weighted by Gasteiger charge is 2.40. The van der Waals surface area contributed by atoms with E-state index in [9.17, 15) is 4.39 Å². The van der Waals surface area contributed by atoms with Crippen LogP contribution in [0, 0.1) is 5.82 Å². The van der Waals surface area contributed by atoms with Gasteiger partial charge in [-0.2, -0.15) is 4.80 Å². The molecule has 1 unspecified atom stereocenters. The van der Waals surface area contributed by atoms with E-state index in [2.05, 4.69) is 70.6 Å². The van der Waals surface area contributed by atoms with Crippen molar-refractivity contribution in [3.63, 3.8) is 0 Å². The third-order valence-corrected chi connectivity index (χ3v) is 6.91. The molecule has 0 fully saturated rings. The van der Waals surface area contributed by atoms with Crippen LogP contribution >= 0.6 is 0 Å². The number of methoxy groups -OCH3 is 1. The van der Waals surface area contributed by atoms with Gasteiger partial charge in [0.2, 0.25) is 0 Å². The van der Waals surface area contributed by atoms with E-state index in [1.807, 2.05) is 30.4 Å². The van der Waals surface area contributed by atoms with Crippen molar-refractivity contribution in [1.82, 2.24) is 20.2 Å². The Morgan fingerprint density at radius 1 is 1.03 bits per heavy atom. The maximum Gasteiger partial charge on any atom is 0.197 e. The Morgan fingerprint density at radius 2 is 1.81 bits per heavy atom. The van der Waals surface area contributed by atoms with E-state index in [1.165, 1.54) is 23.3 Å². The molecule has 0 amide bonds. The number of fused-ring (bicyclic) bond motifs is 1. The minimum absolute atomic E-state index is 0.233. The molecular formula is C29H30FN5O. The molecule has 36 heavy (non-hydrogen) atoms. The minimum atomic E-state index is -0.440. The highest BCUT2D eigenvalue weighted by Crippen LogP contribution is 2.44. The van der Waals surface area contributed by atoms with E-state index in [1.54, 1.807) is 11.9 Å². The number of nitrogens with zero attached hydrogens (tertiary/aromatic N) is 5. The Hall–Kier alpha value is -4.00. The van der Waals surface area contributed by atoms with E-state index in [4.69, 9.17) is 4.74 Å². The van der Waals surface area contributed by atoms with Crippen molar-refractivity contribution in [2.24, 2.45) is 0 Å². The highest BCUT2D eigenvalue weighted by molar-refractivity contribution is 5.67. The monoisotopic (exact) mass is 483 g/mol. The van der Waals surface area contributed by atoms with Crippen LogP contribution in [0.3, 0.4) is 0 Å². The molecule has 1 atom stereocenters. The average Bonchev–Trinajstić information content (AvgIpc) is 3.36. The second kappa shape index (κ2) is 9.93. The lowest BCUT2D eigenvalue weighted by Gasteiger charge is -2.48. The van der Waals surface area contributed by atoms with Crippen LogP contribution in [0.2, 0.25) is 0 Å². The van der Waals surface area contributed by atoms with Gasteiger partial charge < -0.3 is 9.64 Å². The summed E-state index contributed by atoms with van der Waals surface area (Å²) in [5.41, 5.74) is 5.24. The van der Waals surface area contributed by atoms with Gasteiger partial charge in [-0.1, -0.05) is 43.3 Å². The Morgan fingerprint density at radius 3 is 2.53 bits per heavy atom. The summed E-state index contributed by atoms with van der Waals surface area (Å²) in [7, 11) is 1.70. The predicted molar refractivity (Wildman–Crippen MR) is 140 cm³/mol. The van der Waals surface area contributed by atoms with Crippen LogP contribution in [0.1, 0.15) is 48.3 Å². The van der Waals surface area contributed by atoms with Crippen molar-refractivity contribution in [1.29, 1.82) is 0 Å². The standard InChI is InChI=1S/C29H30FN5O/c1-4-18-35-32-28(31-33-35)16-7-21-5-8-23(9-6-21)29(2)27-15-14-26(36-3)20-22(27)17-19-34(29)25-12-10-24(30)11-13-25/h5-16,20H,4,17-19H2,1-3H3/b16-7+. The first-order valence-corrected chi connectivity index (χ1v) is 12.3. The van der Waals surface area contributed by atoms with E-state index in [-0.39, 0.29) is 5.82 Å². The summed E-state index contributed by atoms with van der Waals surface area (Å²) in [4.78, 5) is 3.98. The maximum atomic E-state index is 13.7. The number of hydrogen-bond acceptors (Lipinski definition) is 5. The van der Waals surface area contributed by atoms with Crippen LogP contribution in [0.15, 0.2) is 66.7 Å². The first-order valence-electron chi connectivity index (χ1n) is 12.3. The fourth-order valence-electron chi connectivity index (χ4n) is 5.01. The van der Waals surface area contributed by atoms with Gasteiger partial charge in [-0.15, -0.1) is 10.2 Å². The second-order valence-corrected chi connectivity index (χ2v) is 9.17. The Kier molecular flexibility index (Phi) is 6.55. The number of benzene rings is 3. The summed E-state index contributed by atoms with van der Waals surface area (Å²) in [6.07, 6.45) is 5.72. The summed E-state index contributed by atoms with van der Waals surface area (Å²) in [5.74, 6) is 1.22. The topological polar surface area (TPSA) is 56.1 Å². The first-order chi connectivity index (χ1) is 17.5. The largest absolute Gasteiger partial charge is 0.497 e. The van der Waals surface area contributed by atoms with Crippen molar-refractivity contribution < 1.29 is 9.13 Å². The predicted octanol–water partition coefficient (Wildman–Crippen LogP) is 5.73. The average molecular weight is 484 g/mol. The van der Waals surface area contributed by atoms with Gasteiger partial charge in [0.25, 0.3) is 0 Å². The van der Waals surface area contributed by atoms with E-state index < -0.39 is 5.54 Å². The molecule has 0 radical (unpaired) electrons. The number of halogens is 1. The molecule has 4 aromatic rings. The molecule has 5 rings (SSSR count). The molecule has 1 aromatic heterocycles. The van der Waals surface area contributed by atoms with E-state index >= 15 is 0 Å². The van der Waals surface area contributed by atoms with Crippen molar-refractivity contribution >= 4 is 17.8 Å². The highest BCUT2D eigenvalue weighted by atomic mass is 19.1. The van der Waals surface area contributed by atoms with Crippen LogP contribution < -0.4 is 9.64 Å². The van der Waals surface area contributed by atoms with E-state index in [0.29, 0.717) is 5.82 Å². The number of anilines is 1. The number of aromatic nitrogens is 4. The molecule has 1 aliphatic rings. The normalized spacial score (nSPS) is 17.4. The molecule has 2 heterocycles. The Labute approximate surface area is 211 Å². The molecule has 0 saturated heterocycles. The van der Waals surface area contributed by atoms with Gasteiger partial charge in [-0.25, -0.2) is 4.39 Å². The van der Waals surface area contributed by atoms with Gasteiger partial charge in [0.15, 0.2) is 5.82 Å². The van der Waals surface area contributed by atoms with Crippen molar-refractivity contribution in [3.8, 4) is 5.75 Å². The van der Waals surface area contributed by atoms with Crippen LogP contribution in [0.5, 0.6) is 5.75 Å². The van der Waals surface area contributed by atoms with Crippen LogP contribution in [-0.4, -0.2) is 33.9 Å². The van der Waals surface area contributed by atoms with Gasteiger partial charge in [-0.3, -0.25) is 0 Å². The Bertz CT molecular complexity index is 1360. The van der Waals surface area contributed by atoms with Gasteiger partial charge in [0.1, 0.15) is 11.6 Å². The van der Waals surface area contributed by atoms with Crippen LogP contribution in [0.4, 0.5) is 10.1 Å². The maximum absolute atomic E-state index is 13.7. The lowest BCUT2D eigenvalue weighted by molar-refractivity contribution is 0.411. The molecule has 0 bridgehead atoms. The molecule has 0 spiro atoms. The lowest BCUT2D eigenvalue weighted by Crippen LogP contribution is -2.49. The second-order valence-electron chi connectivity index (χ2n) is 9.17. The first kappa shape index (κ1) is 23.7. The zero-order valence-electron chi connectivity index (χ0n) is 20.9. The van der Waals surface area contributed by atoms with Gasteiger partial charge in [0, 0.05) is 12.2 Å². The number of ether oxygens (including phenoxy) is 1. The molecule has 0 N–H and O–H groups in total. The van der Waals surface area contributed by atoms with E-state index in [0.717, 1.165) is 48.5 Å². The molecule has 0 saturated carbocycles. The summed E-state index contributed by atoms with van der Waals surface area (Å²) < 4.78 is 19.2. The fourth-order valence-corrected chi connectivity index (χ4v) is 5.01. The molecule has 3 aromatic carbocycles. The SMILES string of the molecule is CCCn1nnc(/C=C/c2ccc(C3(C)c4ccc(OC)cc4CCN3c3ccc(F)cc3)cc2)n1. The number of hydrogen-bond donors (Lipinski definition) is 0. The third-order valence-electron chi connectivity index (χ3n) is 6.91. The Balaban J connectivity index is 1.50. The zero-order valence-corrected chi connectivity index (χ0v) is 20.9. The summed E-state index contributed by atoms with van der Waals surface area (Å²) in [6.45, 7) is 5.88. The summed E-state index contributed by atoms with van der Waals surface area (Å²) in [6, 6.07) is 21.6. The molecule has 1 aliphatic heterocycles. The molecule has 0 aliphatic carbocycles. The number of aryl methyl sites for hydroxylation is 1. The van der Waals surface area contributed by atoms with Gasteiger partial charge in [-0.05, 0) is 89.7 Å². The summed E-state index contributed by atoms with van der Waals surface area (Å²) in [5, 5.41) is 12.5.